The quantitative estimate of drug-likeness (QED) is 0.505. The number of unbranched alkanes of at least 4 members (excludes halogenated alkanes) is 3. The van der Waals surface area contributed by atoms with E-state index in [4.69, 9.17) is 4.74 Å². The van der Waals surface area contributed by atoms with Crippen molar-refractivity contribution in [3.05, 3.63) is 35.4 Å². The molecule has 1 fully saturated rings. The summed E-state index contributed by atoms with van der Waals surface area (Å²) in [6.07, 6.45) is -0.631. The second kappa shape index (κ2) is 10.3. The maximum absolute atomic E-state index is 13.0. The highest BCUT2D eigenvalue weighted by molar-refractivity contribution is 5.67. The molecule has 1 heterocycles. The number of piperazine rings is 1. The SMILES string of the molecule is O=CCCCCCN1CCN(C(=O)OCc2ccccc2C(F)(F)F)CC1. The van der Waals surface area contributed by atoms with Crippen molar-refractivity contribution in [2.45, 2.75) is 38.5 Å². The van der Waals surface area contributed by atoms with Gasteiger partial charge in [0.2, 0.25) is 0 Å². The van der Waals surface area contributed by atoms with Crippen molar-refractivity contribution in [3.8, 4) is 0 Å². The molecule has 1 aromatic carbocycles. The normalized spacial score (nSPS) is 15.6. The van der Waals surface area contributed by atoms with Crippen LogP contribution in [0, 0.1) is 0 Å². The van der Waals surface area contributed by atoms with Gasteiger partial charge in [-0.05, 0) is 25.5 Å². The maximum Gasteiger partial charge on any atom is 0.416 e. The highest BCUT2D eigenvalue weighted by atomic mass is 19.4. The van der Waals surface area contributed by atoms with Crippen LogP contribution in [-0.2, 0) is 22.3 Å². The first-order chi connectivity index (χ1) is 12.9. The summed E-state index contributed by atoms with van der Waals surface area (Å²) in [6.45, 7) is 2.93. The minimum atomic E-state index is -4.47. The topological polar surface area (TPSA) is 49.9 Å². The van der Waals surface area contributed by atoms with Crippen molar-refractivity contribution in [1.82, 2.24) is 9.80 Å². The number of alkyl halides is 3. The molecule has 27 heavy (non-hydrogen) atoms. The van der Waals surface area contributed by atoms with E-state index in [2.05, 4.69) is 4.90 Å². The molecule has 0 radical (unpaired) electrons. The van der Waals surface area contributed by atoms with Crippen molar-refractivity contribution in [2.24, 2.45) is 0 Å². The Morgan fingerprint density at radius 1 is 1.07 bits per heavy atom. The fraction of sp³-hybridized carbons (Fsp3) is 0.579. The molecule has 8 heteroatoms. The molecule has 0 saturated carbocycles. The molecule has 0 aliphatic carbocycles. The molecule has 0 N–H and O–H groups in total. The van der Waals surface area contributed by atoms with Gasteiger partial charge in [-0.25, -0.2) is 4.79 Å². The van der Waals surface area contributed by atoms with Crippen LogP contribution in [0.15, 0.2) is 24.3 Å². The van der Waals surface area contributed by atoms with Crippen LogP contribution < -0.4 is 0 Å². The predicted octanol–water partition coefficient (Wildman–Crippen LogP) is 3.72. The van der Waals surface area contributed by atoms with Gasteiger partial charge >= 0.3 is 12.3 Å². The van der Waals surface area contributed by atoms with Crippen LogP contribution in [0.5, 0.6) is 0 Å². The molecular weight excluding hydrogens is 361 g/mol. The van der Waals surface area contributed by atoms with Gasteiger partial charge in [0.1, 0.15) is 12.9 Å². The lowest BCUT2D eigenvalue weighted by Gasteiger charge is -2.34. The van der Waals surface area contributed by atoms with E-state index in [9.17, 15) is 22.8 Å². The Morgan fingerprint density at radius 3 is 2.44 bits per heavy atom. The third-order valence-corrected chi connectivity index (χ3v) is 4.60. The van der Waals surface area contributed by atoms with Gasteiger partial charge in [-0.1, -0.05) is 24.6 Å². The molecule has 2 rings (SSSR count). The first-order valence-electron chi connectivity index (χ1n) is 9.14. The van der Waals surface area contributed by atoms with Crippen molar-refractivity contribution in [1.29, 1.82) is 0 Å². The van der Waals surface area contributed by atoms with E-state index >= 15 is 0 Å². The van der Waals surface area contributed by atoms with Crippen LogP contribution in [0.3, 0.4) is 0 Å². The minimum Gasteiger partial charge on any atom is -0.445 e. The number of carbonyl (C=O) groups excluding carboxylic acids is 2. The van der Waals surface area contributed by atoms with E-state index in [0.717, 1.165) is 38.2 Å². The molecule has 1 aliphatic heterocycles. The third-order valence-electron chi connectivity index (χ3n) is 4.60. The zero-order valence-electron chi connectivity index (χ0n) is 15.2. The highest BCUT2D eigenvalue weighted by Crippen LogP contribution is 2.32. The van der Waals surface area contributed by atoms with E-state index < -0.39 is 24.4 Å². The summed E-state index contributed by atoms with van der Waals surface area (Å²) in [5.41, 5.74) is -0.829. The van der Waals surface area contributed by atoms with Gasteiger partial charge in [-0.2, -0.15) is 13.2 Å². The lowest BCUT2D eigenvalue weighted by molar-refractivity contribution is -0.138. The van der Waals surface area contributed by atoms with E-state index in [1.165, 1.54) is 23.1 Å². The maximum atomic E-state index is 13.0. The number of rotatable bonds is 8. The number of carbonyl (C=O) groups is 2. The number of nitrogens with zero attached hydrogens (tertiary/aromatic N) is 2. The van der Waals surface area contributed by atoms with Crippen molar-refractivity contribution < 1.29 is 27.5 Å². The summed E-state index contributed by atoms with van der Waals surface area (Å²) in [4.78, 5) is 26.2. The molecule has 0 bridgehead atoms. The Labute approximate surface area is 157 Å². The molecule has 0 spiro atoms. The number of hydrogen-bond acceptors (Lipinski definition) is 4. The Morgan fingerprint density at radius 2 is 1.78 bits per heavy atom. The molecular formula is C19H25F3N2O3. The molecule has 1 aromatic rings. The van der Waals surface area contributed by atoms with E-state index in [1.807, 2.05) is 0 Å². The van der Waals surface area contributed by atoms with Gasteiger partial charge in [-0.3, -0.25) is 4.90 Å². The van der Waals surface area contributed by atoms with Crippen LogP contribution in [0.4, 0.5) is 18.0 Å². The first-order valence-corrected chi connectivity index (χ1v) is 9.14. The predicted molar refractivity (Wildman–Crippen MR) is 94.2 cm³/mol. The highest BCUT2D eigenvalue weighted by Gasteiger charge is 2.33. The lowest BCUT2D eigenvalue weighted by atomic mass is 10.1. The second-order valence-corrected chi connectivity index (χ2v) is 6.55. The van der Waals surface area contributed by atoms with Gasteiger partial charge in [-0.15, -0.1) is 0 Å². The smallest absolute Gasteiger partial charge is 0.416 e. The molecule has 0 aromatic heterocycles. The molecule has 1 amide bonds. The monoisotopic (exact) mass is 386 g/mol. The largest absolute Gasteiger partial charge is 0.445 e. The molecule has 0 unspecified atom stereocenters. The van der Waals surface area contributed by atoms with Crippen molar-refractivity contribution in [2.75, 3.05) is 32.7 Å². The van der Waals surface area contributed by atoms with Crippen LogP contribution in [0.1, 0.15) is 36.8 Å². The Hall–Kier alpha value is -2.09. The lowest BCUT2D eigenvalue weighted by Crippen LogP contribution is -2.49. The number of aldehydes is 1. The zero-order chi connectivity index (χ0) is 19.7. The molecule has 5 nitrogen and oxygen atoms in total. The van der Waals surface area contributed by atoms with Gasteiger partial charge in [0.05, 0.1) is 5.56 Å². The second-order valence-electron chi connectivity index (χ2n) is 6.55. The zero-order valence-corrected chi connectivity index (χ0v) is 15.2. The summed E-state index contributed by atoms with van der Waals surface area (Å²) in [6, 6.07) is 5.11. The standard InChI is InChI=1S/C19H25F3N2O3/c20-19(21,22)17-8-4-3-7-16(17)15-27-18(26)24-12-10-23(11-13-24)9-5-1-2-6-14-25/h3-4,7-8,14H,1-2,5-6,9-13,15H2. The molecule has 150 valence electrons. The van der Waals surface area contributed by atoms with E-state index in [-0.39, 0.29) is 5.56 Å². The van der Waals surface area contributed by atoms with Crippen LogP contribution in [-0.4, -0.2) is 54.9 Å². The van der Waals surface area contributed by atoms with Gasteiger partial charge < -0.3 is 14.4 Å². The van der Waals surface area contributed by atoms with Crippen molar-refractivity contribution >= 4 is 12.4 Å². The molecule has 0 atom stereocenters. The number of ether oxygens (including phenoxy) is 1. The number of halogens is 3. The van der Waals surface area contributed by atoms with Gasteiger partial charge in [0.15, 0.2) is 0 Å². The third kappa shape index (κ3) is 6.86. The minimum absolute atomic E-state index is 0.0488. The van der Waals surface area contributed by atoms with Crippen molar-refractivity contribution in [3.63, 3.8) is 0 Å². The average Bonchev–Trinajstić information content (AvgIpc) is 2.66. The summed E-state index contributed by atoms with van der Waals surface area (Å²) in [5.74, 6) is 0. The number of amides is 1. The first kappa shape index (κ1) is 21.2. The Bertz CT molecular complexity index is 614. The van der Waals surface area contributed by atoms with Crippen LogP contribution >= 0.6 is 0 Å². The summed E-state index contributed by atoms with van der Waals surface area (Å²) < 4.78 is 44.0. The summed E-state index contributed by atoms with van der Waals surface area (Å²) >= 11 is 0. The van der Waals surface area contributed by atoms with E-state index in [0.29, 0.717) is 32.6 Å². The Balaban J connectivity index is 1.73. The summed E-state index contributed by atoms with van der Waals surface area (Å²) in [5, 5.41) is 0. The van der Waals surface area contributed by atoms with Gasteiger partial charge in [0, 0.05) is 38.2 Å². The number of hydrogen-bond donors (Lipinski definition) is 0. The van der Waals surface area contributed by atoms with Crippen LogP contribution in [0.2, 0.25) is 0 Å². The average molecular weight is 386 g/mol. The van der Waals surface area contributed by atoms with Gasteiger partial charge in [0.25, 0.3) is 0 Å². The van der Waals surface area contributed by atoms with E-state index in [1.54, 1.807) is 0 Å². The molecule has 1 aliphatic rings. The Kier molecular flexibility index (Phi) is 8.09. The summed E-state index contributed by atoms with van der Waals surface area (Å²) in [7, 11) is 0. The fourth-order valence-corrected chi connectivity index (χ4v) is 3.05. The molecule has 1 saturated heterocycles. The number of benzene rings is 1. The fourth-order valence-electron chi connectivity index (χ4n) is 3.05. The van der Waals surface area contributed by atoms with Crippen LogP contribution in [0.25, 0.3) is 0 Å².